The van der Waals surface area contributed by atoms with Crippen LogP contribution in [0.5, 0.6) is 0 Å². The summed E-state index contributed by atoms with van der Waals surface area (Å²) in [7, 11) is 0. The molecule has 0 aliphatic carbocycles. The minimum atomic E-state index is -0.202. The van der Waals surface area contributed by atoms with Crippen molar-refractivity contribution in [1.82, 2.24) is 10.2 Å². The molecule has 5 nitrogen and oxygen atoms in total. The van der Waals surface area contributed by atoms with Crippen molar-refractivity contribution in [2.45, 2.75) is 25.6 Å². The number of nitrogens with zero attached hydrogens (tertiary/aromatic N) is 1. The fraction of sp³-hybridized carbons (Fsp3) is 0.333. The van der Waals surface area contributed by atoms with Crippen LogP contribution >= 0.6 is 0 Å². The zero-order valence-electron chi connectivity index (χ0n) is 11.2. The van der Waals surface area contributed by atoms with E-state index in [1.54, 1.807) is 4.90 Å². The maximum Gasteiger partial charge on any atom is 0.247 e. The van der Waals surface area contributed by atoms with Gasteiger partial charge in [0.25, 0.3) is 0 Å². The maximum absolute atomic E-state index is 11.9. The largest absolute Gasteiger partial charge is 0.472 e. The summed E-state index contributed by atoms with van der Waals surface area (Å²) >= 11 is 0. The molecule has 1 N–H and O–H groups in total. The molecular weight excluding hydrogens is 256 g/mol. The van der Waals surface area contributed by atoms with Crippen LogP contribution in [0, 0.1) is 0 Å². The van der Waals surface area contributed by atoms with Crippen molar-refractivity contribution in [3.05, 3.63) is 47.7 Å². The molecular formula is C15H16N2O3. The van der Waals surface area contributed by atoms with Crippen LogP contribution in [0.3, 0.4) is 0 Å². The second kappa shape index (κ2) is 5.00. The predicted octanol–water partition coefficient (Wildman–Crippen LogP) is 1.34. The number of carbonyl (C=O) groups excluding carboxylic acids is 2. The summed E-state index contributed by atoms with van der Waals surface area (Å²) in [5.41, 5.74) is 1.05. The Kier molecular flexibility index (Phi) is 3.18. The monoisotopic (exact) mass is 272 g/mol. The number of rotatable bonds is 3. The summed E-state index contributed by atoms with van der Waals surface area (Å²) in [6.45, 7) is 2.33. The number of nitrogens with one attached hydrogen (secondary N) is 1. The lowest BCUT2D eigenvalue weighted by Gasteiger charge is -2.30. The topological polar surface area (TPSA) is 58.6 Å². The lowest BCUT2D eigenvalue weighted by atomic mass is 10.1. The zero-order chi connectivity index (χ0) is 14.1. The Labute approximate surface area is 117 Å². The minimum Gasteiger partial charge on any atom is -0.472 e. The Hall–Kier alpha value is -2.30. The number of hydrogen-bond acceptors (Lipinski definition) is 3. The first kappa shape index (κ1) is 12.7. The number of β-lactam (4-membered cyclic amide) rings is 1. The van der Waals surface area contributed by atoms with Crippen LogP contribution in [0.1, 0.15) is 24.9 Å². The van der Waals surface area contributed by atoms with E-state index in [9.17, 15) is 9.59 Å². The van der Waals surface area contributed by atoms with E-state index in [-0.39, 0.29) is 24.1 Å². The molecule has 2 aliphatic rings. The fourth-order valence-electron chi connectivity index (χ4n) is 2.41. The summed E-state index contributed by atoms with van der Waals surface area (Å²) in [5, 5.41) is 2.89. The Morgan fingerprint density at radius 3 is 2.85 bits per heavy atom. The van der Waals surface area contributed by atoms with Crippen molar-refractivity contribution in [3.8, 4) is 0 Å². The molecule has 0 unspecified atom stereocenters. The molecule has 20 heavy (non-hydrogen) atoms. The van der Waals surface area contributed by atoms with Gasteiger partial charge >= 0.3 is 0 Å². The molecule has 2 amide bonds. The predicted molar refractivity (Wildman–Crippen MR) is 72.3 cm³/mol. The van der Waals surface area contributed by atoms with Crippen LogP contribution in [-0.2, 0) is 14.3 Å². The van der Waals surface area contributed by atoms with E-state index in [2.05, 4.69) is 5.32 Å². The highest BCUT2D eigenvalue weighted by Gasteiger charge is 2.43. The molecule has 0 aromatic heterocycles. The lowest BCUT2D eigenvalue weighted by molar-refractivity contribution is -0.154. The van der Waals surface area contributed by atoms with Gasteiger partial charge in [-0.25, -0.2) is 0 Å². The third-order valence-electron chi connectivity index (χ3n) is 3.58. The van der Waals surface area contributed by atoms with Crippen LogP contribution in [0.25, 0.3) is 0 Å². The number of fused-ring (bicyclic) bond motifs is 1. The van der Waals surface area contributed by atoms with Gasteiger partial charge in [0.2, 0.25) is 11.8 Å². The third-order valence-corrected chi connectivity index (χ3v) is 3.58. The highest BCUT2D eigenvalue weighted by Crippen LogP contribution is 2.30. The molecule has 0 spiro atoms. The van der Waals surface area contributed by atoms with Gasteiger partial charge in [-0.1, -0.05) is 30.3 Å². The SMILES string of the molecule is C[C@@H](NC(=O)/C=C1\CN2C(=O)C[C@H]2O1)c1ccccc1. The van der Waals surface area contributed by atoms with Gasteiger partial charge in [0.15, 0.2) is 6.23 Å². The van der Waals surface area contributed by atoms with Crippen molar-refractivity contribution in [1.29, 1.82) is 0 Å². The Morgan fingerprint density at radius 1 is 1.45 bits per heavy atom. The van der Waals surface area contributed by atoms with Gasteiger partial charge in [0, 0.05) is 6.08 Å². The van der Waals surface area contributed by atoms with Gasteiger partial charge in [-0.05, 0) is 12.5 Å². The van der Waals surface area contributed by atoms with Gasteiger partial charge in [-0.15, -0.1) is 0 Å². The van der Waals surface area contributed by atoms with Crippen LogP contribution in [0.4, 0.5) is 0 Å². The van der Waals surface area contributed by atoms with Crippen LogP contribution < -0.4 is 5.32 Å². The Bertz CT molecular complexity index is 568. The molecule has 1 aromatic carbocycles. The number of hydrogen-bond donors (Lipinski definition) is 1. The smallest absolute Gasteiger partial charge is 0.247 e. The highest BCUT2D eigenvalue weighted by atomic mass is 16.5. The minimum absolute atomic E-state index is 0.0689. The molecule has 0 saturated carbocycles. The first-order valence-electron chi connectivity index (χ1n) is 6.65. The van der Waals surface area contributed by atoms with E-state index in [0.717, 1.165) is 5.56 Å². The number of carbonyl (C=O) groups is 2. The average molecular weight is 272 g/mol. The van der Waals surface area contributed by atoms with Crippen molar-refractivity contribution >= 4 is 11.8 Å². The molecule has 0 radical (unpaired) electrons. The number of ether oxygens (including phenoxy) is 1. The van der Waals surface area contributed by atoms with E-state index >= 15 is 0 Å². The van der Waals surface area contributed by atoms with Crippen molar-refractivity contribution in [2.75, 3.05) is 6.54 Å². The van der Waals surface area contributed by atoms with Gasteiger partial charge < -0.3 is 10.1 Å². The van der Waals surface area contributed by atoms with E-state index in [4.69, 9.17) is 4.74 Å². The number of benzene rings is 1. The Balaban J connectivity index is 1.59. The van der Waals surface area contributed by atoms with E-state index in [1.807, 2.05) is 37.3 Å². The summed E-state index contributed by atoms with van der Waals surface area (Å²) < 4.78 is 5.49. The second-order valence-corrected chi connectivity index (χ2v) is 5.05. The maximum atomic E-state index is 11.9. The van der Waals surface area contributed by atoms with Gasteiger partial charge in [0.1, 0.15) is 5.76 Å². The Morgan fingerprint density at radius 2 is 2.20 bits per heavy atom. The first-order valence-corrected chi connectivity index (χ1v) is 6.65. The molecule has 1 aromatic rings. The molecule has 2 saturated heterocycles. The third kappa shape index (κ3) is 2.39. The van der Waals surface area contributed by atoms with Crippen molar-refractivity contribution in [2.24, 2.45) is 0 Å². The quantitative estimate of drug-likeness (QED) is 0.667. The molecule has 2 atom stereocenters. The van der Waals surface area contributed by atoms with Crippen LogP contribution in [-0.4, -0.2) is 29.5 Å². The standard InChI is InChI=1S/C15H16N2O3/c1-10(11-5-3-2-4-6-11)16-13(18)7-12-9-17-14(19)8-15(17)20-12/h2-7,10,15H,8-9H2,1H3,(H,16,18)/b12-7+/t10-,15-/m1/s1. The number of amides is 2. The van der Waals surface area contributed by atoms with Crippen LogP contribution in [0.2, 0.25) is 0 Å². The van der Waals surface area contributed by atoms with Crippen molar-refractivity contribution < 1.29 is 14.3 Å². The summed E-state index contributed by atoms with van der Waals surface area (Å²) in [4.78, 5) is 24.8. The second-order valence-electron chi connectivity index (χ2n) is 5.05. The molecule has 104 valence electrons. The average Bonchev–Trinajstić information content (AvgIpc) is 2.76. The van der Waals surface area contributed by atoms with Gasteiger partial charge in [-0.2, -0.15) is 0 Å². The van der Waals surface area contributed by atoms with E-state index < -0.39 is 0 Å². The summed E-state index contributed by atoms with van der Waals surface area (Å²) in [5.74, 6) is 0.432. The molecule has 2 fully saturated rings. The van der Waals surface area contributed by atoms with Gasteiger partial charge in [0.05, 0.1) is 19.0 Å². The van der Waals surface area contributed by atoms with E-state index in [1.165, 1.54) is 6.08 Å². The summed E-state index contributed by atoms with van der Waals surface area (Å²) in [6.07, 6.45) is 1.69. The van der Waals surface area contributed by atoms with E-state index in [0.29, 0.717) is 18.7 Å². The molecule has 3 rings (SSSR count). The molecule has 5 heteroatoms. The van der Waals surface area contributed by atoms with Gasteiger partial charge in [-0.3, -0.25) is 14.5 Å². The summed E-state index contributed by atoms with van der Waals surface area (Å²) in [6, 6.07) is 9.68. The first-order chi connectivity index (χ1) is 9.63. The lowest BCUT2D eigenvalue weighted by Crippen LogP contribution is -2.48. The highest BCUT2D eigenvalue weighted by molar-refractivity contribution is 5.89. The molecule has 2 aliphatic heterocycles. The molecule has 0 bridgehead atoms. The fourth-order valence-corrected chi connectivity index (χ4v) is 2.41. The molecule has 2 heterocycles. The normalized spacial score (nSPS) is 23.9. The van der Waals surface area contributed by atoms with Crippen LogP contribution in [0.15, 0.2) is 42.2 Å². The van der Waals surface area contributed by atoms with Crippen molar-refractivity contribution in [3.63, 3.8) is 0 Å². The zero-order valence-corrected chi connectivity index (χ0v) is 11.2.